The largest absolute Gasteiger partial charge is 0.493 e. The fourth-order valence-electron chi connectivity index (χ4n) is 4.67. The zero-order chi connectivity index (χ0) is 24.5. The number of hydrogen-bond donors (Lipinski definition) is 0. The van der Waals surface area contributed by atoms with Crippen molar-refractivity contribution >= 4 is 23.2 Å². The zero-order valence-corrected chi connectivity index (χ0v) is 19.9. The molecule has 1 unspecified atom stereocenters. The van der Waals surface area contributed by atoms with Crippen molar-refractivity contribution in [1.29, 1.82) is 0 Å². The number of carbonyl (C=O) groups is 2. The van der Waals surface area contributed by atoms with Crippen molar-refractivity contribution in [2.75, 3.05) is 20.8 Å². The summed E-state index contributed by atoms with van der Waals surface area (Å²) in [7, 11) is 2.81. The summed E-state index contributed by atoms with van der Waals surface area (Å²) in [4.78, 5) is 42.7. The molecule has 0 radical (unpaired) electrons. The van der Waals surface area contributed by atoms with Crippen LogP contribution in [0.4, 0.5) is 5.69 Å². The van der Waals surface area contributed by atoms with E-state index in [1.165, 1.54) is 26.4 Å². The minimum absolute atomic E-state index is 0.167. The number of allylic oxidation sites excluding steroid dienone is 2. The van der Waals surface area contributed by atoms with Gasteiger partial charge in [-0.1, -0.05) is 20.8 Å². The molecule has 1 aromatic carbocycles. The lowest BCUT2D eigenvalue weighted by Gasteiger charge is -2.38. The minimum Gasteiger partial charge on any atom is -0.493 e. The van der Waals surface area contributed by atoms with Gasteiger partial charge in [-0.15, -0.1) is 0 Å². The minimum atomic E-state index is -0.961. The molecule has 0 N–H and O–H groups in total. The molecule has 0 aromatic heterocycles. The summed E-state index contributed by atoms with van der Waals surface area (Å²) in [5.41, 5.74) is 1.02. The number of nitro groups is 1. The lowest BCUT2D eigenvalue weighted by Crippen LogP contribution is -2.39. The Balaban J connectivity index is 2.31. The molecule has 0 bridgehead atoms. The van der Waals surface area contributed by atoms with Crippen molar-refractivity contribution in [1.82, 2.24) is 0 Å². The maximum Gasteiger partial charge on any atom is 0.315 e. The average molecular weight is 459 g/mol. The molecule has 9 nitrogen and oxygen atoms in total. The third-order valence-corrected chi connectivity index (χ3v) is 6.07. The summed E-state index contributed by atoms with van der Waals surface area (Å²) in [6, 6.07) is 2.75. The molecule has 0 spiro atoms. The van der Waals surface area contributed by atoms with Crippen LogP contribution in [0, 0.1) is 21.4 Å². The number of hydrogen-bond acceptors (Lipinski definition) is 8. The second-order valence-corrected chi connectivity index (χ2v) is 9.20. The first-order valence-electron chi connectivity index (χ1n) is 10.9. The molecule has 0 fully saturated rings. The summed E-state index contributed by atoms with van der Waals surface area (Å²) >= 11 is 0. The van der Waals surface area contributed by atoms with E-state index in [0.717, 1.165) is 0 Å². The van der Waals surface area contributed by atoms with E-state index in [1.54, 1.807) is 6.92 Å². The SMILES string of the molecule is CCCOC(=O)C1C(C)=NC2=C(C(=O)CC(C)(C)C2)[C@H]1c1cc(OC)c(OC)cc1[N+](=O)[O-]. The number of carbonyl (C=O) groups excluding carboxylic acids is 2. The first-order chi connectivity index (χ1) is 15.5. The molecule has 1 aliphatic heterocycles. The lowest BCUT2D eigenvalue weighted by atomic mass is 9.66. The summed E-state index contributed by atoms with van der Waals surface area (Å²) in [6.07, 6.45) is 1.41. The normalized spacial score (nSPS) is 21.8. The van der Waals surface area contributed by atoms with Crippen molar-refractivity contribution in [3.63, 3.8) is 0 Å². The van der Waals surface area contributed by atoms with E-state index < -0.39 is 22.7 Å². The number of ketones is 1. The van der Waals surface area contributed by atoms with E-state index >= 15 is 0 Å². The van der Waals surface area contributed by atoms with Gasteiger partial charge in [0.2, 0.25) is 0 Å². The Morgan fingerprint density at radius 1 is 1.21 bits per heavy atom. The van der Waals surface area contributed by atoms with Crippen LogP contribution in [-0.4, -0.2) is 43.2 Å². The summed E-state index contributed by atoms with van der Waals surface area (Å²) < 4.78 is 16.1. The average Bonchev–Trinajstić information content (AvgIpc) is 2.74. The van der Waals surface area contributed by atoms with Gasteiger partial charge >= 0.3 is 5.97 Å². The molecule has 178 valence electrons. The van der Waals surface area contributed by atoms with Gasteiger partial charge in [0, 0.05) is 34.9 Å². The predicted molar refractivity (Wildman–Crippen MR) is 122 cm³/mol. The van der Waals surface area contributed by atoms with Crippen LogP contribution >= 0.6 is 0 Å². The topological polar surface area (TPSA) is 117 Å². The second kappa shape index (κ2) is 9.33. The van der Waals surface area contributed by atoms with E-state index in [-0.39, 0.29) is 47.0 Å². The molecular weight excluding hydrogens is 428 g/mol. The number of benzene rings is 1. The molecule has 1 heterocycles. The summed E-state index contributed by atoms with van der Waals surface area (Å²) in [5, 5.41) is 12.1. The first kappa shape index (κ1) is 24.4. The molecule has 0 saturated heterocycles. The van der Waals surface area contributed by atoms with Crippen LogP contribution in [0.5, 0.6) is 11.5 Å². The number of Topliss-reactive ketones (excluding diaryl/α,β-unsaturated/α-hetero) is 1. The summed E-state index contributed by atoms with van der Waals surface area (Å²) in [6.45, 7) is 7.74. The van der Waals surface area contributed by atoms with Gasteiger partial charge in [-0.3, -0.25) is 24.7 Å². The van der Waals surface area contributed by atoms with Crippen LogP contribution in [0.25, 0.3) is 0 Å². The maximum absolute atomic E-state index is 13.4. The molecular formula is C24H30N2O7. The fourth-order valence-corrected chi connectivity index (χ4v) is 4.67. The van der Waals surface area contributed by atoms with Gasteiger partial charge in [-0.05, 0) is 31.2 Å². The van der Waals surface area contributed by atoms with Crippen molar-refractivity contribution < 1.29 is 28.7 Å². The van der Waals surface area contributed by atoms with Gasteiger partial charge in [0.15, 0.2) is 17.3 Å². The van der Waals surface area contributed by atoms with E-state index in [0.29, 0.717) is 29.8 Å². The Morgan fingerprint density at radius 3 is 2.42 bits per heavy atom. The van der Waals surface area contributed by atoms with Gasteiger partial charge in [0.05, 0.1) is 31.8 Å². The number of esters is 1. The Kier molecular flexibility index (Phi) is 6.90. The van der Waals surface area contributed by atoms with Gasteiger partial charge in [-0.25, -0.2) is 0 Å². The van der Waals surface area contributed by atoms with Gasteiger partial charge in [0.1, 0.15) is 5.92 Å². The quantitative estimate of drug-likeness (QED) is 0.338. The summed E-state index contributed by atoms with van der Waals surface area (Å²) in [5.74, 6) is -2.14. The Labute approximate surface area is 193 Å². The molecule has 2 aliphatic rings. The third kappa shape index (κ3) is 4.62. The van der Waals surface area contributed by atoms with Gasteiger partial charge < -0.3 is 14.2 Å². The van der Waals surface area contributed by atoms with Crippen LogP contribution in [-0.2, 0) is 14.3 Å². The van der Waals surface area contributed by atoms with Crippen LogP contribution in [0.3, 0.4) is 0 Å². The highest BCUT2D eigenvalue weighted by molar-refractivity contribution is 6.09. The number of nitro benzene ring substituents is 1. The van der Waals surface area contributed by atoms with Crippen molar-refractivity contribution in [3.05, 3.63) is 39.1 Å². The predicted octanol–water partition coefficient (Wildman–Crippen LogP) is 4.38. The molecule has 33 heavy (non-hydrogen) atoms. The van der Waals surface area contributed by atoms with Crippen molar-refractivity contribution in [2.24, 2.45) is 16.3 Å². The molecule has 3 rings (SSSR count). The van der Waals surface area contributed by atoms with Crippen molar-refractivity contribution in [3.8, 4) is 11.5 Å². The van der Waals surface area contributed by atoms with E-state index in [2.05, 4.69) is 4.99 Å². The van der Waals surface area contributed by atoms with Crippen LogP contribution in [0.1, 0.15) is 58.4 Å². The number of ether oxygens (including phenoxy) is 3. The highest BCUT2D eigenvalue weighted by Crippen LogP contribution is 2.51. The molecule has 0 amide bonds. The Bertz CT molecular complexity index is 1060. The Hall–Kier alpha value is -3.23. The van der Waals surface area contributed by atoms with E-state index in [4.69, 9.17) is 14.2 Å². The molecule has 0 saturated carbocycles. The zero-order valence-electron chi connectivity index (χ0n) is 19.9. The van der Waals surface area contributed by atoms with Crippen LogP contribution in [0.2, 0.25) is 0 Å². The number of rotatable bonds is 7. The monoisotopic (exact) mass is 458 g/mol. The van der Waals surface area contributed by atoms with Crippen LogP contribution < -0.4 is 9.47 Å². The number of aliphatic imine (C=N–C) groups is 1. The Morgan fingerprint density at radius 2 is 1.85 bits per heavy atom. The van der Waals surface area contributed by atoms with E-state index in [1.807, 2.05) is 20.8 Å². The number of methoxy groups -OCH3 is 2. The first-order valence-corrected chi connectivity index (χ1v) is 10.9. The fraction of sp³-hybridized carbons (Fsp3) is 0.542. The van der Waals surface area contributed by atoms with Crippen LogP contribution in [0.15, 0.2) is 28.4 Å². The third-order valence-electron chi connectivity index (χ3n) is 6.07. The highest BCUT2D eigenvalue weighted by atomic mass is 16.6. The molecule has 2 atom stereocenters. The van der Waals surface area contributed by atoms with Gasteiger partial charge in [0.25, 0.3) is 5.69 Å². The molecule has 1 aromatic rings. The second-order valence-electron chi connectivity index (χ2n) is 9.20. The lowest BCUT2D eigenvalue weighted by molar-refractivity contribution is -0.385. The van der Waals surface area contributed by atoms with Gasteiger partial charge in [-0.2, -0.15) is 0 Å². The number of nitrogens with zero attached hydrogens (tertiary/aromatic N) is 2. The van der Waals surface area contributed by atoms with Crippen molar-refractivity contribution in [2.45, 2.75) is 52.9 Å². The maximum atomic E-state index is 13.4. The smallest absolute Gasteiger partial charge is 0.315 e. The standard InChI is InChI=1S/C24H30N2O7/c1-7-8-33-23(28)20-13(2)25-15-11-24(3,4)12-17(27)22(15)21(20)14-9-18(31-5)19(32-6)10-16(14)26(29)30/h9-10,20-21H,7-8,11-12H2,1-6H3/t20?,21-/m0/s1. The molecule has 9 heteroatoms. The molecule has 1 aliphatic carbocycles. The van der Waals surface area contributed by atoms with E-state index in [9.17, 15) is 19.7 Å². The highest BCUT2D eigenvalue weighted by Gasteiger charge is 2.48.